The van der Waals surface area contributed by atoms with Crippen molar-refractivity contribution in [2.24, 2.45) is 0 Å². The molecule has 0 radical (unpaired) electrons. The van der Waals surface area contributed by atoms with Crippen molar-refractivity contribution in [1.82, 2.24) is 14.9 Å². The first-order valence-electron chi connectivity index (χ1n) is 7.66. The minimum Gasteiger partial charge on any atom is -0.269 e. The number of nitrogens with zero attached hydrogens (tertiary/aromatic N) is 3. The summed E-state index contributed by atoms with van der Waals surface area (Å²) in [5.74, 6) is -0.729. The summed E-state index contributed by atoms with van der Waals surface area (Å²) in [4.78, 5) is 35.4. The largest absolute Gasteiger partial charge is 0.269 e. The minimum absolute atomic E-state index is 0.160. The zero-order valence-corrected chi connectivity index (χ0v) is 13.7. The maximum atomic E-state index is 12.9. The number of aromatic nitrogens is 2. The van der Waals surface area contributed by atoms with Gasteiger partial charge in [-0.3, -0.25) is 19.5 Å². The van der Waals surface area contributed by atoms with E-state index in [1.54, 1.807) is 24.3 Å². The maximum Gasteiger partial charge on any atom is 0.262 e. The summed E-state index contributed by atoms with van der Waals surface area (Å²) in [6.07, 6.45) is 2.96. The average molecular weight is 350 g/mol. The standard InChI is InChI=1S/C19H12ClN3O2/c20-17-15(21-10-11-22-17)16(12-6-2-1-3-7-12)23-18(24)13-8-4-5-9-14(13)19(23)25/h1-11,16H. The molecule has 4 rings (SSSR count). The van der Waals surface area contributed by atoms with Gasteiger partial charge in [-0.2, -0.15) is 0 Å². The summed E-state index contributed by atoms with van der Waals surface area (Å²) in [6.45, 7) is 0. The van der Waals surface area contributed by atoms with Crippen molar-refractivity contribution in [2.75, 3.05) is 0 Å². The number of amides is 2. The third kappa shape index (κ3) is 2.49. The van der Waals surface area contributed by atoms with Crippen LogP contribution in [0.4, 0.5) is 0 Å². The molecule has 1 atom stereocenters. The first-order chi connectivity index (χ1) is 12.2. The fraction of sp³-hybridized carbons (Fsp3) is 0.0526. The molecule has 1 unspecified atom stereocenters. The Morgan fingerprint density at radius 1 is 0.800 bits per heavy atom. The molecule has 0 N–H and O–H groups in total. The van der Waals surface area contributed by atoms with Gasteiger partial charge in [-0.15, -0.1) is 0 Å². The van der Waals surface area contributed by atoms with Crippen molar-refractivity contribution in [3.8, 4) is 0 Å². The van der Waals surface area contributed by atoms with E-state index in [4.69, 9.17) is 11.6 Å². The van der Waals surface area contributed by atoms with E-state index in [2.05, 4.69) is 9.97 Å². The van der Waals surface area contributed by atoms with Crippen LogP contribution < -0.4 is 0 Å². The Balaban J connectivity index is 1.90. The van der Waals surface area contributed by atoms with Crippen LogP contribution in [0, 0.1) is 0 Å². The smallest absolute Gasteiger partial charge is 0.262 e. The number of halogens is 1. The highest BCUT2D eigenvalue weighted by atomic mass is 35.5. The van der Waals surface area contributed by atoms with Gasteiger partial charge in [0, 0.05) is 12.4 Å². The molecule has 1 aromatic heterocycles. The van der Waals surface area contributed by atoms with Gasteiger partial charge < -0.3 is 0 Å². The van der Waals surface area contributed by atoms with E-state index >= 15 is 0 Å². The van der Waals surface area contributed by atoms with Crippen molar-refractivity contribution in [2.45, 2.75) is 6.04 Å². The molecule has 2 amide bonds. The predicted octanol–water partition coefficient (Wildman–Crippen LogP) is 3.52. The highest BCUT2D eigenvalue weighted by molar-refractivity contribution is 6.30. The second-order valence-electron chi connectivity index (χ2n) is 5.57. The van der Waals surface area contributed by atoms with Crippen LogP contribution in [-0.4, -0.2) is 26.7 Å². The molecule has 0 saturated carbocycles. The Morgan fingerprint density at radius 2 is 1.36 bits per heavy atom. The number of fused-ring (bicyclic) bond motifs is 1. The van der Waals surface area contributed by atoms with E-state index in [-0.39, 0.29) is 17.0 Å². The quantitative estimate of drug-likeness (QED) is 0.679. The van der Waals surface area contributed by atoms with Crippen LogP contribution in [0.1, 0.15) is 38.0 Å². The lowest BCUT2D eigenvalue weighted by Crippen LogP contribution is -2.35. The fourth-order valence-corrected chi connectivity index (χ4v) is 3.23. The molecule has 0 fully saturated rings. The predicted molar refractivity (Wildman–Crippen MR) is 92.3 cm³/mol. The number of carbonyl (C=O) groups excluding carboxylic acids is 2. The molecule has 6 heteroatoms. The summed E-state index contributed by atoms with van der Waals surface area (Å²) in [6, 6.07) is 15.2. The van der Waals surface area contributed by atoms with E-state index in [0.29, 0.717) is 16.8 Å². The van der Waals surface area contributed by atoms with Crippen LogP contribution in [0.15, 0.2) is 67.0 Å². The van der Waals surface area contributed by atoms with Gasteiger partial charge in [-0.25, -0.2) is 4.98 Å². The molecule has 2 aromatic carbocycles. The first-order valence-corrected chi connectivity index (χ1v) is 8.04. The summed E-state index contributed by atoms with van der Waals surface area (Å²) in [5.41, 5.74) is 1.87. The Morgan fingerprint density at radius 3 is 1.96 bits per heavy atom. The highest BCUT2D eigenvalue weighted by Crippen LogP contribution is 2.36. The Bertz CT molecular complexity index is 940. The van der Waals surface area contributed by atoms with Gasteiger partial charge in [0.15, 0.2) is 5.15 Å². The van der Waals surface area contributed by atoms with Gasteiger partial charge in [-0.05, 0) is 17.7 Å². The summed E-state index contributed by atoms with van der Waals surface area (Å²) in [7, 11) is 0. The molecule has 0 spiro atoms. The lowest BCUT2D eigenvalue weighted by Gasteiger charge is -2.26. The number of hydrogen-bond donors (Lipinski definition) is 0. The second-order valence-corrected chi connectivity index (χ2v) is 5.93. The third-order valence-electron chi connectivity index (χ3n) is 4.14. The van der Waals surface area contributed by atoms with Crippen LogP contribution in [0.25, 0.3) is 0 Å². The molecule has 2 heterocycles. The Labute approximate surface area is 148 Å². The van der Waals surface area contributed by atoms with Crippen molar-refractivity contribution in [3.63, 3.8) is 0 Å². The molecule has 3 aromatic rings. The molecular formula is C19H12ClN3O2. The van der Waals surface area contributed by atoms with E-state index in [1.807, 2.05) is 30.3 Å². The number of rotatable bonds is 3. The summed E-state index contributed by atoms with van der Waals surface area (Å²) in [5, 5.41) is 0.160. The average Bonchev–Trinajstić information content (AvgIpc) is 2.90. The Hall–Kier alpha value is -3.05. The number of hydrogen-bond acceptors (Lipinski definition) is 4. The van der Waals surface area contributed by atoms with Crippen LogP contribution in [0.3, 0.4) is 0 Å². The van der Waals surface area contributed by atoms with Crippen molar-refractivity contribution < 1.29 is 9.59 Å². The van der Waals surface area contributed by atoms with Gasteiger partial charge in [0.2, 0.25) is 0 Å². The fourth-order valence-electron chi connectivity index (χ4n) is 3.02. The SMILES string of the molecule is O=C1c2ccccc2C(=O)N1C(c1ccccc1)c1nccnc1Cl. The Kier molecular flexibility index (Phi) is 3.78. The van der Waals surface area contributed by atoms with Crippen LogP contribution in [0.2, 0.25) is 5.15 Å². The summed E-state index contributed by atoms with van der Waals surface area (Å²) < 4.78 is 0. The monoisotopic (exact) mass is 349 g/mol. The van der Waals surface area contributed by atoms with Gasteiger partial charge in [-0.1, -0.05) is 54.1 Å². The van der Waals surface area contributed by atoms with Gasteiger partial charge >= 0.3 is 0 Å². The zero-order chi connectivity index (χ0) is 17.4. The lowest BCUT2D eigenvalue weighted by molar-refractivity contribution is 0.0606. The molecular weight excluding hydrogens is 338 g/mol. The van der Waals surface area contributed by atoms with Gasteiger partial charge in [0.25, 0.3) is 11.8 Å². The summed E-state index contributed by atoms with van der Waals surface area (Å²) >= 11 is 6.23. The van der Waals surface area contributed by atoms with E-state index < -0.39 is 6.04 Å². The highest BCUT2D eigenvalue weighted by Gasteiger charge is 2.42. The molecule has 1 aliphatic heterocycles. The molecule has 25 heavy (non-hydrogen) atoms. The number of imide groups is 1. The molecule has 122 valence electrons. The van der Waals surface area contributed by atoms with E-state index in [0.717, 1.165) is 5.56 Å². The maximum absolute atomic E-state index is 12.9. The van der Waals surface area contributed by atoms with Crippen LogP contribution in [-0.2, 0) is 0 Å². The number of benzene rings is 2. The number of carbonyl (C=O) groups is 2. The van der Waals surface area contributed by atoms with Crippen LogP contribution in [0.5, 0.6) is 0 Å². The molecule has 1 aliphatic rings. The minimum atomic E-state index is -0.741. The topological polar surface area (TPSA) is 63.2 Å². The molecule has 0 bridgehead atoms. The zero-order valence-electron chi connectivity index (χ0n) is 13.0. The lowest BCUT2D eigenvalue weighted by atomic mass is 10.0. The van der Waals surface area contributed by atoms with Gasteiger partial charge in [0.1, 0.15) is 11.7 Å². The van der Waals surface area contributed by atoms with E-state index in [1.165, 1.54) is 17.3 Å². The molecule has 0 aliphatic carbocycles. The normalized spacial score (nSPS) is 14.5. The van der Waals surface area contributed by atoms with Crippen LogP contribution >= 0.6 is 11.6 Å². The third-order valence-corrected chi connectivity index (χ3v) is 4.43. The van der Waals surface area contributed by atoms with Crippen molar-refractivity contribution in [1.29, 1.82) is 0 Å². The molecule has 0 saturated heterocycles. The van der Waals surface area contributed by atoms with E-state index in [9.17, 15) is 9.59 Å². The van der Waals surface area contributed by atoms with Crippen molar-refractivity contribution >= 4 is 23.4 Å². The molecule has 5 nitrogen and oxygen atoms in total. The first kappa shape index (κ1) is 15.5. The van der Waals surface area contributed by atoms with Crippen molar-refractivity contribution in [3.05, 3.63) is 94.5 Å². The second kappa shape index (κ2) is 6.11. The van der Waals surface area contributed by atoms with Gasteiger partial charge in [0.05, 0.1) is 11.1 Å².